The summed E-state index contributed by atoms with van der Waals surface area (Å²) in [5.41, 5.74) is 2.25. The lowest BCUT2D eigenvalue weighted by Gasteiger charge is -2.15. The molecule has 0 radical (unpaired) electrons. The Hall–Kier alpha value is -2.93. The van der Waals surface area contributed by atoms with Crippen molar-refractivity contribution in [3.8, 4) is 5.69 Å². The Morgan fingerprint density at radius 2 is 1.73 bits per heavy atom. The van der Waals surface area contributed by atoms with E-state index >= 15 is 0 Å². The van der Waals surface area contributed by atoms with Crippen LogP contribution < -0.4 is 5.32 Å². The molecule has 3 rings (SSSR count). The van der Waals surface area contributed by atoms with Crippen molar-refractivity contribution >= 4 is 15.7 Å². The summed E-state index contributed by atoms with van der Waals surface area (Å²) in [6.45, 7) is 1.85. The van der Waals surface area contributed by atoms with Crippen LogP contribution in [0.4, 0.5) is 0 Å². The summed E-state index contributed by atoms with van der Waals surface area (Å²) < 4.78 is 24.7. The minimum atomic E-state index is -3.23. The van der Waals surface area contributed by atoms with Crippen molar-refractivity contribution in [1.29, 1.82) is 0 Å². The fraction of sp³-hybridized carbons (Fsp3) is 0.158. The summed E-state index contributed by atoms with van der Waals surface area (Å²) in [4.78, 5) is 12.7. The maximum Gasteiger partial charge on any atom is 0.251 e. The lowest BCUT2D eigenvalue weighted by atomic mass is 10.1. The first-order valence-corrected chi connectivity index (χ1v) is 9.95. The summed E-state index contributed by atoms with van der Waals surface area (Å²) in [5.74, 6) is -0.197. The predicted octanol–water partition coefficient (Wildman–Crippen LogP) is 2.77. The molecule has 0 aliphatic carbocycles. The molecule has 26 heavy (non-hydrogen) atoms. The third-order valence-corrected chi connectivity index (χ3v) is 5.18. The van der Waals surface area contributed by atoms with Crippen molar-refractivity contribution < 1.29 is 13.2 Å². The Kier molecular flexibility index (Phi) is 4.90. The van der Waals surface area contributed by atoms with E-state index < -0.39 is 9.84 Å². The molecule has 0 fully saturated rings. The topological polar surface area (TPSA) is 81.1 Å². The molecule has 0 aliphatic heterocycles. The molecule has 134 valence electrons. The zero-order valence-corrected chi connectivity index (χ0v) is 15.3. The SMILES string of the molecule is CC(NC(=O)c1ccc(-n2cccn2)cc1)c1ccc(S(C)(=O)=O)cc1. The first-order chi connectivity index (χ1) is 12.3. The van der Waals surface area contributed by atoms with Crippen molar-refractivity contribution in [2.24, 2.45) is 0 Å². The highest BCUT2D eigenvalue weighted by atomic mass is 32.2. The third-order valence-electron chi connectivity index (χ3n) is 4.05. The minimum absolute atomic E-state index is 0.197. The van der Waals surface area contributed by atoms with Gasteiger partial charge in [-0.15, -0.1) is 0 Å². The van der Waals surface area contributed by atoms with Crippen LogP contribution >= 0.6 is 0 Å². The molecular weight excluding hydrogens is 350 g/mol. The zero-order chi connectivity index (χ0) is 18.7. The number of rotatable bonds is 5. The molecule has 7 heteroatoms. The number of carbonyl (C=O) groups excluding carboxylic acids is 1. The number of aromatic nitrogens is 2. The van der Waals surface area contributed by atoms with Gasteiger partial charge in [0.2, 0.25) is 0 Å². The second-order valence-corrected chi connectivity index (χ2v) is 8.05. The fourth-order valence-corrected chi connectivity index (χ4v) is 3.18. The van der Waals surface area contributed by atoms with Gasteiger partial charge in [-0.3, -0.25) is 4.79 Å². The maximum atomic E-state index is 12.4. The van der Waals surface area contributed by atoms with E-state index in [-0.39, 0.29) is 16.8 Å². The van der Waals surface area contributed by atoms with Crippen LogP contribution in [0.3, 0.4) is 0 Å². The molecule has 1 N–H and O–H groups in total. The van der Waals surface area contributed by atoms with Gasteiger partial charge in [0.1, 0.15) is 0 Å². The second-order valence-electron chi connectivity index (χ2n) is 6.03. The van der Waals surface area contributed by atoms with Crippen molar-refractivity contribution in [3.05, 3.63) is 78.1 Å². The van der Waals surface area contributed by atoms with Crippen LogP contribution in [0.25, 0.3) is 5.69 Å². The molecule has 0 aliphatic rings. The van der Waals surface area contributed by atoms with Gasteiger partial charge in [-0.2, -0.15) is 5.10 Å². The van der Waals surface area contributed by atoms with Gasteiger partial charge in [0.15, 0.2) is 9.84 Å². The molecule has 0 saturated carbocycles. The van der Waals surface area contributed by atoms with Crippen LogP contribution in [-0.2, 0) is 9.84 Å². The van der Waals surface area contributed by atoms with Crippen LogP contribution in [0.15, 0.2) is 71.9 Å². The van der Waals surface area contributed by atoms with Gasteiger partial charge < -0.3 is 5.32 Å². The molecule has 1 amide bonds. The monoisotopic (exact) mass is 369 g/mol. The van der Waals surface area contributed by atoms with E-state index in [2.05, 4.69) is 10.4 Å². The molecular formula is C19H19N3O3S. The molecule has 0 spiro atoms. The Morgan fingerprint density at radius 3 is 2.27 bits per heavy atom. The summed E-state index contributed by atoms with van der Waals surface area (Å²) in [5, 5.41) is 7.06. The van der Waals surface area contributed by atoms with Gasteiger partial charge in [0.25, 0.3) is 5.91 Å². The Labute approximate surface area is 152 Å². The number of carbonyl (C=O) groups is 1. The zero-order valence-electron chi connectivity index (χ0n) is 14.5. The number of amides is 1. The van der Waals surface area contributed by atoms with Gasteiger partial charge in [0, 0.05) is 24.2 Å². The minimum Gasteiger partial charge on any atom is -0.346 e. The fourth-order valence-electron chi connectivity index (χ4n) is 2.55. The number of benzene rings is 2. The highest BCUT2D eigenvalue weighted by Gasteiger charge is 2.13. The van der Waals surface area contributed by atoms with E-state index in [9.17, 15) is 13.2 Å². The normalized spacial score (nSPS) is 12.5. The van der Waals surface area contributed by atoms with E-state index in [1.807, 2.05) is 31.3 Å². The summed E-state index contributed by atoms with van der Waals surface area (Å²) >= 11 is 0. The van der Waals surface area contributed by atoms with Gasteiger partial charge in [-0.1, -0.05) is 12.1 Å². The van der Waals surface area contributed by atoms with Gasteiger partial charge in [0.05, 0.1) is 16.6 Å². The van der Waals surface area contributed by atoms with Crippen LogP contribution in [0.5, 0.6) is 0 Å². The van der Waals surface area contributed by atoms with Crippen molar-refractivity contribution in [2.45, 2.75) is 17.9 Å². The lowest BCUT2D eigenvalue weighted by molar-refractivity contribution is 0.0940. The molecule has 2 aromatic carbocycles. The van der Waals surface area contributed by atoms with Crippen molar-refractivity contribution in [1.82, 2.24) is 15.1 Å². The van der Waals surface area contributed by atoms with E-state index in [1.54, 1.807) is 47.3 Å². The number of nitrogens with zero attached hydrogens (tertiary/aromatic N) is 2. The van der Waals surface area contributed by atoms with Crippen LogP contribution in [-0.4, -0.2) is 30.4 Å². The summed E-state index contributed by atoms with van der Waals surface area (Å²) in [7, 11) is -3.23. The lowest BCUT2D eigenvalue weighted by Crippen LogP contribution is -2.26. The number of nitrogens with one attached hydrogen (secondary N) is 1. The van der Waals surface area contributed by atoms with Gasteiger partial charge in [-0.25, -0.2) is 13.1 Å². The molecule has 3 aromatic rings. The third kappa shape index (κ3) is 4.00. The maximum absolute atomic E-state index is 12.4. The van der Waals surface area contributed by atoms with Crippen molar-refractivity contribution in [3.63, 3.8) is 0 Å². The second kappa shape index (κ2) is 7.13. The van der Waals surface area contributed by atoms with Crippen molar-refractivity contribution in [2.75, 3.05) is 6.26 Å². The van der Waals surface area contributed by atoms with Crippen LogP contribution in [0.2, 0.25) is 0 Å². The Bertz CT molecular complexity index is 993. The first-order valence-electron chi connectivity index (χ1n) is 8.05. The Morgan fingerprint density at radius 1 is 1.08 bits per heavy atom. The van der Waals surface area contributed by atoms with E-state index in [0.29, 0.717) is 5.56 Å². The summed E-state index contributed by atoms with van der Waals surface area (Å²) in [6.07, 6.45) is 4.69. The average Bonchev–Trinajstić information content (AvgIpc) is 3.16. The smallest absolute Gasteiger partial charge is 0.251 e. The Balaban J connectivity index is 1.69. The van der Waals surface area contributed by atoms with E-state index in [1.165, 1.54) is 6.26 Å². The molecule has 1 aromatic heterocycles. The predicted molar refractivity (Wildman–Crippen MR) is 99.0 cm³/mol. The van der Waals surface area contributed by atoms with E-state index in [0.717, 1.165) is 11.3 Å². The van der Waals surface area contributed by atoms with Gasteiger partial charge >= 0.3 is 0 Å². The first kappa shape index (κ1) is 17.9. The molecule has 0 saturated heterocycles. The number of hydrogen-bond donors (Lipinski definition) is 1. The van der Waals surface area contributed by atoms with E-state index in [4.69, 9.17) is 0 Å². The molecule has 1 unspecified atom stereocenters. The molecule has 1 atom stereocenters. The highest BCUT2D eigenvalue weighted by molar-refractivity contribution is 7.90. The average molecular weight is 369 g/mol. The van der Waals surface area contributed by atoms with Crippen LogP contribution in [0, 0.1) is 0 Å². The molecule has 6 nitrogen and oxygen atoms in total. The van der Waals surface area contributed by atoms with Gasteiger partial charge in [-0.05, 0) is 55.0 Å². The molecule has 0 bridgehead atoms. The molecule has 1 heterocycles. The van der Waals surface area contributed by atoms with Crippen LogP contribution in [0.1, 0.15) is 28.9 Å². The quantitative estimate of drug-likeness (QED) is 0.750. The summed E-state index contributed by atoms with van der Waals surface area (Å²) in [6, 6.07) is 15.2. The standard InChI is InChI=1S/C19H19N3O3S/c1-14(15-6-10-18(11-7-15)26(2,24)25)21-19(23)16-4-8-17(9-5-16)22-13-3-12-20-22/h3-14H,1-2H3,(H,21,23). The largest absolute Gasteiger partial charge is 0.346 e. The number of hydrogen-bond acceptors (Lipinski definition) is 4. The number of sulfone groups is 1. The highest BCUT2D eigenvalue weighted by Crippen LogP contribution is 2.17.